The summed E-state index contributed by atoms with van der Waals surface area (Å²) >= 11 is 0. The van der Waals surface area contributed by atoms with Crippen LogP contribution in [0.1, 0.15) is 10.4 Å². The van der Waals surface area contributed by atoms with E-state index in [1.807, 2.05) is 4.90 Å². The molecule has 0 aliphatic carbocycles. The van der Waals surface area contributed by atoms with E-state index in [-0.39, 0.29) is 11.9 Å². The third-order valence-corrected chi connectivity index (χ3v) is 4.51. The zero-order valence-electron chi connectivity index (χ0n) is 17.2. The van der Waals surface area contributed by atoms with Crippen LogP contribution in [0.4, 0.5) is 11.8 Å². The van der Waals surface area contributed by atoms with Crippen LogP contribution in [0.3, 0.4) is 0 Å². The second-order valence-electron chi connectivity index (χ2n) is 6.99. The molecule has 1 aliphatic rings. The van der Waals surface area contributed by atoms with Gasteiger partial charge in [0.05, 0.1) is 25.6 Å². The number of morpholine rings is 1. The fourth-order valence-electron chi connectivity index (χ4n) is 2.89. The van der Waals surface area contributed by atoms with Crippen molar-refractivity contribution < 1.29 is 14.3 Å². The van der Waals surface area contributed by atoms with Gasteiger partial charge >= 0.3 is 6.01 Å². The number of nitrogens with two attached hydrogens (primary N) is 1. The van der Waals surface area contributed by atoms with Gasteiger partial charge in [-0.05, 0) is 24.3 Å². The lowest BCUT2D eigenvalue weighted by Crippen LogP contribution is -2.37. The number of rotatable bonds is 5. The Hall–Kier alpha value is -3.86. The van der Waals surface area contributed by atoms with Gasteiger partial charge in [0.1, 0.15) is 17.3 Å². The minimum atomic E-state index is -0.0921. The summed E-state index contributed by atoms with van der Waals surface area (Å²) in [6.45, 7) is 2.47. The molecule has 3 aromatic rings. The summed E-state index contributed by atoms with van der Waals surface area (Å²) < 4.78 is 11.3. The van der Waals surface area contributed by atoms with Gasteiger partial charge in [-0.15, -0.1) is 0 Å². The molecule has 0 spiro atoms. The van der Waals surface area contributed by atoms with Gasteiger partial charge in [-0.3, -0.25) is 4.79 Å². The zero-order chi connectivity index (χ0) is 21.8. The summed E-state index contributed by atoms with van der Waals surface area (Å²) in [5, 5.41) is 0. The fraction of sp³-hybridized carbons (Fsp3) is 0.300. The average molecular weight is 422 g/mol. The Morgan fingerprint density at radius 2 is 1.81 bits per heavy atom. The van der Waals surface area contributed by atoms with Gasteiger partial charge in [-0.25, -0.2) is 9.97 Å². The van der Waals surface area contributed by atoms with Crippen molar-refractivity contribution in [2.45, 2.75) is 0 Å². The molecule has 11 heteroatoms. The molecule has 0 bridgehead atoms. The predicted octanol–water partition coefficient (Wildman–Crippen LogP) is 1.24. The van der Waals surface area contributed by atoms with E-state index in [2.05, 4.69) is 24.9 Å². The predicted molar refractivity (Wildman–Crippen MR) is 113 cm³/mol. The molecule has 0 unspecified atom stereocenters. The summed E-state index contributed by atoms with van der Waals surface area (Å²) in [7, 11) is 3.40. The van der Waals surface area contributed by atoms with Crippen LogP contribution in [0.2, 0.25) is 0 Å². The number of aromatic nitrogens is 5. The normalized spacial score (nSPS) is 13.7. The quantitative estimate of drug-likeness (QED) is 0.640. The topological polar surface area (TPSA) is 132 Å². The highest BCUT2D eigenvalue weighted by molar-refractivity contribution is 5.93. The Kier molecular flexibility index (Phi) is 5.85. The third kappa shape index (κ3) is 4.83. The van der Waals surface area contributed by atoms with E-state index in [1.165, 1.54) is 17.3 Å². The molecule has 0 atom stereocenters. The van der Waals surface area contributed by atoms with Crippen LogP contribution >= 0.6 is 0 Å². The maximum Gasteiger partial charge on any atom is 0.327 e. The lowest BCUT2D eigenvalue weighted by atomic mass is 10.2. The van der Waals surface area contributed by atoms with Crippen LogP contribution in [-0.4, -0.2) is 76.1 Å². The van der Waals surface area contributed by atoms with Gasteiger partial charge in [0.2, 0.25) is 5.95 Å². The molecule has 4 rings (SSSR count). The maximum absolute atomic E-state index is 12.1. The third-order valence-electron chi connectivity index (χ3n) is 4.51. The van der Waals surface area contributed by atoms with Crippen LogP contribution in [0.5, 0.6) is 11.8 Å². The van der Waals surface area contributed by atoms with E-state index in [9.17, 15) is 4.79 Å². The van der Waals surface area contributed by atoms with E-state index >= 15 is 0 Å². The van der Waals surface area contributed by atoms with Gasteiger partial charge in [0.15, 0.2) is 5.82 Å². The fourth-order valence-corrected chi connectivity index (χ4v) is 2.89. The van der Waals surface area contributed by atoms with Gasteiger partial charge in [0.25, 0.3) is 5.91 Å². The van der Waals surface area contributed by atoms with E-state index < -0.39 is 0 Å². The molecule has 1 amide bonds. The molecule has 0 radical (unpaired) electrons. The number of benzene rings is 1. The Morgan fingerprint density at radius 3 is 2.45 bits per heavy atom. The van der Waals surface area contributed by atoms with Crippen LogP contribution in [0.25, 0.3) is 11.5 Å². The van der Waals surface area contributed by atoms with Gasteiger partial charge in [-0.1, -0.05) is 0 Å². The number of anilines is 2. The van der Waals surface area contributed by atoms with E-state index in [1.54, 1.807) is 38.4 Å². The molecule has 0 saturated carbocycles. The summed E-state index contributed by atoms with van der Waals surface area (Å²) in [6, 6.07) is 6.87. The summed E-state index contributed by atoms with van der Waals surface area (Å²) in [5.41, 5.74) is 6.64. The minimum Gasteiger partial charge on any atom is -0.424 e. The number of carbonyl (C=O) groups excluding carboxylic acids is 1. The Bertz CT molecular complexity index is 1050. The highest BCUT2D eigenvalue weighted by atomic mass is 16.5. The van der Waals surface area contributed by atoms with Gasteiger partial charge < -0.3 is 25.0 Å². The Morgan fingerprint density at radius 1 is 1.06 bits per heavy atom. The lowest BCUT2D eigenvalue weighted by molar-refractivity contribution is 0.0827. The van der Waals surface area contributed by atoms with Crippen molar-refractivity contribution >= 4 is 17.7 Å². The molecule has 2 N–H and O–H groups in total. The summed E-state index contributed by atoms with van der Waals surface area (Å²) in [5.74, 6) is 1.48. The van der Waals surface area contributed by atoms with Crippen molar-refractivity contribution in [1.82, 2.24) is 29.8 Å². The van der Waals surface area contributed by atoms with Gasteiger partial charge in [0, 0.05) is 32.7 Å². The molecular weight excluding hydrogens is 400 g/mol. The van der Waals surface area contributed by atoms with E-state index in [0.29, 0.717) is 60.9 Å². The number of amides is 1. The Labute approximate surface area is 178 Å². The first kappa shape index (κ1) is 20.4. The standard InChI is InChI=1S/C20H22N8O3/c1-27(2)18(29)13-3-5-14(6-4-13)31-20-25-17(15-11-23-16(21)12-22-15)24-19(26-20)28-7-9-30-10-8-28/h3-6,11-12H,7-10H2,1-2H3,(H2,21,23). The van der Waals surface area contributed by atoms with Crippen LogP contribution in [0, 0.1) is 0 Å². The highest BCUT2D eigenvalue weighted by Crippen LogP contribution is 2.24. The number of nitrogens with zero attached hydrogens (tertiary/aromatic N) is 7. The first-order chi connectivity index (χ1) is 15.0. The molecular formula is C20H22N8O3. The smallest absolute Gasteiger partial charge is 0.327 e. The number of hydrogen-bond donors (Lipinski definition) is 1. The van der Waals surface area contributed by atoms with Crippen molar-refractivity contribution in [3.05, 3.63) is 42.2 Å². The van der Waals surface area contributed by atoms with Crippen molar-refractivity contribution in [2.75, 3.05) is 51.0 Å². The first-order valence-corrected chi connectivity index (χ1v) is 9.66. The number of carbonyl (C=O) groups is 1. The summed E-state index contributed by atoms with van der Waals surface area (Å²) in [6.07, 6.45) is 2.94. The molecule has 1 fully saturated rings. The van der Waals surface area contributed by atoms with Crippen LogP contribution < -0.4 is 15.4 Å². The Balaban J connectivity index is 1.65. The molecule has 1 saturated heterocycles. The number of ether oxygens (including phenoxy) is 2. The van der Waals surface area contributed by atoms with E-state index in [4.69, 9.17) is 15.2 Å². The number of hydrogen-bond acceptors (Lipinski definition) is 10. The van der Waals surface area contributed by atoms with E-state index in [0.717, 1.165) is 0 Å². The molecule has 11 nitrogen and oxygen atoms in total. The van der Waals surface area contributed by atoms with Crippen molar-refractivity contribution in [1.29, 1.82) is 0 Å². The van der Waals surface area contributed by atoms with Crippen molar-refractivity contribution in [2.24, 2.45) is 0 Å². The molecule has 3 heterocycles. The zero-order valence-corrected chi connectivity index (χ0v) is 17.2. The summed E-state index contributed by atoms with van der Waals surface area (Å²) in [4.78, 5) is 37.3. The molecule has 160 valence electrons. The SMILES string of the molecule is CN(C)C(=O)c1ccc(Oc2nc(-c3cnc(N)cn3)nc(N3CCOCC3)n2)cc1. The second-order valence-corrected chi connectivity index (χ2v) is 6.99. The average Bonchev–Trinajstić information content (AvgIpc) is 2.80. The maximum atomic E-state index is 12.1. The molecule has 1 aromatic carbocycles. The van der Waals surface area contributed by atoms with Gasteiger partial charge in [-0.2, -0.15) is 15.0 Å². The second kappa shape index (κ2) is 8.88. The largest absolute Gasteiger partial charge is 0.424 e. The van der Waals surface area contributed by atoms with Crippen LogP contribution in [0.15, 0.2) is 36.7 Å². The first-order valence-electron chi connectivity index (χ1n) is 9.66. The van der Waals surface area contributed by atoms with Crippen LogP contribution in [-0.2, 0) is 4.74 Å². The molecule has 1 aliphatic heterocycles. The number of nitrogen functional groups attached to an aromatic ring is 1. The van der Waals surface area contributed by atoms with Crippen molar-refractivity contribution in [3.63, 3.8) is 0 Å². The molecule has 2 aromatic heterocycles. The monoisotopic (exact) mass is 422 g/mol. The van der Waals surface area contributed by atoms with Crippen molar-refractivity contribution in [3.8, 4) is 23.3 Å². The highest BCUT2D eigenvalue weighted by Gasteiger charge is 2.19. The molecule has 31 heavy (non-hydrogen) atoms. The minimum absolute atomic E-state index is 0.0921. The lowest BCUT2D eigenvalue weighted by Gasteiger charge is -2.26.